The van der Waals surface area contributed by atoms with Gasteiger partial charge in [0, 0.05) is 32.8 Å². The summed E-state index contributed by atoms with van der Waals surface area (Å²) in [6.07, 6.45) is 0. The van der Waals surface area contributed by atoms with Gasteiger partial charge in [-0.25, -0.2) is 0 Å². The Labute approximate surface area is 161 Å². The molecule has 4 aromatic carbocycles. The van der Waals surface area contributed by atoms with Gasteiger partial charge in [0.25, 0.3) is 0 Å². The highest BCUT2D eigenvalue weighted by molar-refractivity contribution is 6.18. The third kappa shape index (κ3) is 1.59. The zero-order valence-corrected chi connectivity index (χ0v) is 15.0. The number of para-hydroxylation sites is 4. The van der Waals surface area contributed by atoms with E-state index in [1.807, 2.05) is 6.07 Å². The molecule has 0 bridgehead atoms. The van der Waals surface area contributed by atoms with Crippen molar-refractivity contribution in [3.8, 4) is 28.1 Å². The Morgan fingerprint density at radius 2 is 1.29 bits per heavy atom. The van der Waals surface area contributed by atoms with Crippen molar-refractivity contribution < 1.29 is 4.42 Å². The van der Waals surface area contributed by atoms with E-state index in [0.29, 0.717) is 0 Å². The molecule has 1 aliphatic rings. The van der Waals surface area contributed by atoms with E-state index in [1.54, 1.807) is 0 Å². The van der Waals surface area contributed by atoms with Crippen LogP contribution in [0, 0.1) is 0 Å². The molecular weight excluding hydrogens is 342 g/mol. The van der Waals surface area contributed by atoms with Crippen LogP contribution in [0.15, 0.2) is 95.4 Å². The van der Waals surface area contributed by atoms with E-state index in [1.165, 1.54) is 44.0 Å². The summed E-state index contributed by atoms with van der Waals surface area (Å²) in [5.74, 6) is 0.956. The topological polar surface area (TPSA) is 18.1 Å². The molecule has 130 valence electrons. The summed E-state index contributed by atoms with van der Waals surface area (Å²) in [4.78, 5) is 0. The van der Waals surface area contributed by atoms with E-state index in [2.05, 4.69) is 89.5 Å². The number of rotatable bonds is 0. The number of hydrogen-bond donors (Lipinski definition) is 0. The van der Waals surface area contributed by atoms with Gasteiger partial charge >= 0.3 is 0 Å². The molecule has 0 atom stereocenters. The van der Waals surface area contributed by atoms with Gasteiger partial charge in [0.1, 0.15) is 11.3 Å². The Morgan fingerprint density at radius 3 is 2.25 bits per heavy atom. The van der Waals surface area contributed by atoms with Crippen molar-refractivity contribution in [2.75, 3.05) is 0 Å². The summed E-state index contributed by atoms with van der Waals surface area (Å²) in [5.41, 5.74) is 8.13. The highest BCUT2D eigenvalue weighted by Crippen LogP contribution is 2.49. The quantitative estimate of drug-likeness (QED) is 0.281. The molecule has 0 saturated heterocycles. The molecule has 0 aliphatic carbocycles. The molecule has 2 nitrogen and oxygen atoms in total. The zero-order chi connectivity index (χ0) is 18.2. The molecule has 6 aromatic rings. The standard InChI is InChI=1S/C26H15NO/c1-4-13-21-16(8-1)17-11-7-12-20-24-19-10-3-6-15-23(19)28-26(24)18-9-2-5-14-22(18)27(21)25(17)20/h1-15H. The molecular formula is C26H15NO. The van der Waals surface area contributed by atoms with Crippen LogP contribution in [0.4, 0.5) is 0 Å². The second-order valence-corrected chi connectivity index (χ2v) is 7.37. The summed E-state index contributed by atoms with van der Waals surface area (Å²) >= 11 is 0. The Balaban J connectivity index is 1.85. The minimum Gasteiger partial charge on any atom is -0.455 e. The van der Waals surface area contributed by atoms with Gasteiger partial charge in [-0.2, -0.15) is 0 Å². The van der Waals surface area contributed by atoms with Gasteiger partial charge in [0.2, 0.25) is 0 Å². The molecule has 0 fully saturated rings. The number of hydrogen-bond acceptors (Lipinski definition) is 1. The van der Waals surface area contributed by atoms with E-state index in [-0.39, 0.29) is 0 Å². The first kappa shape index (κ1) is 14.3. The smallest absolute Gasteiger partial charge is 0.145 e. The summed E-state index contributed by atoms with van der Waals surface area (Å²) in [6, 6.07) is 32.2. The zero-order valence-electron chi connectivity index (χ0n) is 15.0. The van der Waals surface area contributed by atoms with Crippen molar-refractivity contribution in [3.63, 3.8) is 0 Å². The maximum absolute atomic E-state index is 6.43. The molecule has 0 N–H and O–H groups in total. The molecule has 2 heteroatoms. The third-order valence-corrected chi connectivity index (χ3v) is 5.95. The molecule has 0 amide bonds. The van der Waals surface area contributed by atoms with Gasteiger partial charge in [0.05, 0.1) is 16.7 Å². The fourth-order valence-electron chi connectivity index (χ4n) is 4.83. The van der Waals surface area contributed by atoms with Crippen LogP contribution < -0.4 is 0 Å². The van der Waals surface area contributed by atoms with Crippen LogP contribution in [-0.4, -0.2) is 4.57 Å². The number of nitrogens with zero attached hydrogens (tertiary/aromatic N) is 1. The fourth-order valence-corrected chi connectivity index (χ4v) is 4.83. The predicted octanol–water partition coefficient (Wildman–Crippen LogP) is 7.18. The molecule has 2 aromatic heterocycles. The highest BCUT2D eigenvalue weighted by atomic mass is 16.3. The van der Waals surface area contributed by atoms with E-state index in [4.69, 9.17) is 4.42 Å². The Kier molecular flexibility index (Phi) is 2.52. The average molecular weight is 357 g/mol. The molecule has 0 radical (unpaired) electrons. The van der Waals surface area contributed by atoms with Gasteiger partial charge in [-0.15, -0.1) is 0 Å². The van der Waals surface area contributed by atoms with Crippen molar-refractivity contribution in [1.29, 1.82) is 0 Å². The van der Waals surface area contributed by atoms with Crippen molar-refractivity contribution in [1.82, 2.24) is 4.57 Å². The minimum absolute atomic E-state index is 0.934. The van der Waals surface area contributed by atoms with Crippen LogP contribution in [0.1, 0.15) is 0 Å². The number of benzene rings is 4. The van der Waals surface area contributed by atoms with Crippen LogP contribution in [0.2, 0.25) is 0 Å². The maximum atomic E-state index is 6.43. The Bertz CT molecular complexity index is 1560. The molecule has 3 heterocycles. The van der Waals surface area contributed by atoms with Gasteiger partial charge in [-0.3, -0.25) is 0 Å². The van der Waals surface area contributed by atoms with Crippen LogP contribution in [0.5, 0.6) is 0 Å². The van der Waals surface area contributed by atoms with Crippen LogP contribution in [-0.2, 0) is 0 Å². The van der Waals surface area contributed by atoms with Crippen molar-refractivity contribution in [2.45, 2.75) is 0 Å². The number of aromatic nitrogens is 1. The molecule has 0 unspecified atom stereocenters. The van der Waals surface area contributed by atoms with Crippen molar-refractivity contribution in [2.24, 2.45) is 0 Å². The maximum Gasteiger partial charge on any atom is 0.145 e. The lowest BCUT2D eigenvalue weighted by Gasteiger charge is -2.10. The van der Waals surface area contributed by atoms with Crippen LogP contribution in [0.3, 0.4) is 0 Å². The molecule has 28 heavy (non-hydrogen) atoms. The third-order valence-electron chi connectivity index (χ3n) is 5.95. The second-order valence-electron chi connectivity index (χ2n) is 7.37. The van der Waals surface area contributed by atoms with Gasteiger partial charge in [-0.1, -0.05) is 66.7 Å². The van der Waals surface area contributed by atoms with E-state index in [9.17, 15) is 0 Å². The van der Waals surface area contributed by atoms with Gasteiger partial charge in [-0.05, 0) is 24.3 Å². The summed E-state index contributed by atoms with van der Waals surface area (Å²) in [6.45, 7) is 0. The van der Waals surface area contributed by atoms with E-state index < -0.39 is 0 Å². The lowest BCUT2D eigenvalue weighted by Crippen LogP contribution is -1.95. The van der Waals surface area contributed by atoms with Crippen molar-refractivity contribution >= 4 is 32.8 Å². The van der Waals surface area contributed by atoms with Crippen LogP contribution >= 0.6 is 0 Å². The minimum atomic E-state index is 0.934. The van der Waals surface area contributed by atoms with Gasteiger partial charge < -0.3 is 8.98 Å². The normalized spacial score (nSPS) is 12.3. The average Bonchev–Trinajstić information content (AvgIpc) is 3.26. The second kappa shape index (κ2) is 4.93. The summed E-state index contributed by atoms with van der Waals surface area (Å²) in [7, 11) is 0. The first-order valence-electron chi connectivity index (χ1n) is 9.56. The van der Waals surface area contributed by atoms with Crippen LogP contribution in [0.25, 0.3) is 60.9 Å². The highest BCUT2D eigenvalue weighted by Gasteiger charge is 2.27. The molecule has 1 aliphatic heterocycles. The molecule has 0 spiro atoms. The van der Waals surface area contributed by atoms with Crippen molar-refractivity contribution in [3.05, 3.63) is 91.0 Å². The summed E-state index contributed by atoms with van der Waals surface area (Å²) in [5, 5.41) is 3.73. The fraction of sp³-hybridized carbons (Fsp3) is 0. The number of furan rings is 1. The predicted molar refractivity (Wildman–Crippen MR) is 115 cm³/mol. The molecule has 7 rings (SSSR count). The lowest BCUT2D eigenvalue weighted by molar-refractivity contribution is 0.632. The number of fused-ring (bicyclic) bond motifs is 10. The lowest BCUT2D eigenvalue weighted by atomic mass is 9.97. The molecule has 0 saturated carbocycles. The first-order valence-corrected chi connectivity index (χ1v) is 9.56. The largest absolute Gasteiger partial charge is 0.455 e. The van der Waals surface area contributed by atoms with E-state index >= 15 is 0 Å². The monoisotopic (exact) mass is 357 g/mol. The van der Waals surface area contributed by atoms with E-state index in [0.717, 1.165) is 16.9 Å². The summed E-state index contributed by atoms with van der Waals surface area (Å²) < 4.78 is 8.83. The first-order chi connectivity index (χ1) is 13.9. The van der Waals surface area contributed by atoms with Gasteiger partial charge in [0.15, 0.2) is 0 Å². The SMILES string of the molecule is c1ccc2c(c1)-c1oc3ccccc3c1-c1cccc3c4ccccc4n-2c13. The Hall–Kier alpha value is -3.78. The Morgan fingerprint density at radius 1 is 0.571 bits per heavy atom.